The first-order chi connectivity index (χ1) is 11.5. The van der Waals surface area contributed by atoms with Crippen LogP contribution in [0, 0.1) is 6.92 Å². The first-order valence-electron chi connectivity index (χ1n) is 7.39. The highest BCUT2D eigenvalue weighted by Crippen LogP contribution is 2.21. The molecule has 0 radical (unpaired) electrons. The van der Waals surface area contributed by atoms with Crippen LogP contribution in [0.5, 0.6) is 5.75 Å². The molecule has 24 heavy (non-hydrogen) atoms. The van der Waals surface area contributed by atoms with Crippen LogP contribution in [-0.2, 0) is 14.3 Å². The van der Waals surface area contributed by atoms with Gasteiger partial charge in [-0.05, 0) is 42.8 Å². The molecule has 0 saturated carbocycles. The summed E-state index contributed by atoms with van der Waals surface area (Å²) in [5.41, 5.74) is 2.81. The third-order valence-electron chi connectivity index (χ3n) is 3.33. The third kappa shape index (κ3) is 3.57. The van der Waals surface area contributed by atoms with Crippen molar-refractivity contribution >= 4 is 23.9 Å². The number of carbonyl (C=O) groups is 2. The Morgan fingerprint density at radius 2 is 1.92 bits per heavy atom. The maximum atomic E-state index is 12.0. The van der Waals surface area contributed by atoms with Gasteiger partial charge in [0.25, 0.3) is 0 Å². The summed E-state index contributed by atoms with van der Waals surface area (Å²) in [6.45, 7) is 3.30. The molecule has 1 aliphatic heterocycles. The topological polar surface area (TPSA) is 65.0 Å². The molecule has 0 N–H and O–H groups in total. The number of rotatable bonds is 3. The number of benzene rings is 2. The highest BCUT2D eigenvalue weighted by atomic mass is 16.6. The summed E-state index contributed by atoms with van der Waals surface area (Å²) in [4.78, 5) is 27.2. The van der Waals surface area contributed by atoms with Crippen LogP contribution in [0.1, 0.15) is 23.6 Å². The van der Waals surface area contributed by atoms with Gasteiger partial charge in [0, 0.05) is 12.5 Å². The fourth-order valence-corrected chi connectivity index (χ4v) is 2.27. The number of aryl methyl sites for hydroxylation is 1. The van der Waals surface area contributed by atoms with E-state index in [0.717, 1.165) is 16.7 Å². The van der Waals surface area contributed by atoms with Crippen LogP contribution in [0.4, 0.5) is 0 Å². The van der Waals surface area contributed by atoms with E-state index >= 15 is 0 Å². The Labute approximate surface area is 139 Å². The van der Waals surface area contributed by atoms with Gasteiger partial charge in [0.1, 0.15) is 5.75 Å². The summed E-state index contributed by atoms with van der Waals surface area (Å²) < 4.78 is 10.2. The number of hydrogen-bond donors (Lipinski definition) is 0. The van der Waals surface area contributed by atoms with Crippen molar-refractivity contribution in [3.63, 3.8) is 0 Å². The molecule has 1 heterocycles. The van der Waals surface area contributed by atoms with Crippen molar-refractivity contribution in [2.75, 3.05) is 0 Å². The lowest BCUT2D eigenvalue weighted by molar-refractivity contribution is -0.132. The van der Waals surface area contributed by atoms with Crippen molar-refractivity contribution in [1.82, 2.24) is 0 Å². The predicted octanol–water partition coefficient (Wildman–Crippen LogP) is 3.26. The zero-order chi connectivity index (χ0) is 17.1. The normalized spacial score (nSPS) is 15.2. The lowest BCUT2D eigenvalue weighted by Gasteiger charge is -2.00. The van der Waals surface area contributed by atoms with E-state index in [2.05, 4.69) is 4.99 Å². The Bertz CT molecular complexity index is 863. The maximum absolute atomic E-state index is 12.0. The number of hydrogen-bond acceptors (Lipinski definition) is 5. The molecule has 2 aromatic carbocycles. The van der Waals surface area contributed by atoms with Gasteiger partial charge in [-0.3, -0.25) is 4.79 Å². The van der Waals surface area contributed by atoms with Crippen molar-refractivity contribution in [1.29, 1.82) is 0 Å². The average Bonchev–Trinajstić information content (AvgIpc) is 2.90. The third-order valence-corrected chi connectivity index (χ3v) is 3.33. The summed E-state index contributed by atoms with van der Waals surface area (Å²) in [6.07, 6.45) is 1.63. The number of aliphatic imine (C=N–C) groups is 1. The lowest BCUT2D eigenvalue weighted by Crippen LogP contribution is -2.05. The van der Waals surface area contributed by atoms with E-state index in [4.69, 9.17) is 9.47 Å². The molecular weight excluding hydrogens is 306 g/mol. The number of esters is 2. The fourth-order valence-electron chi connectivity index (χ4n) is 2.27. The molecule has 0 fully saturated rings. The van der Waals surface area contributed by atoms with E-state index in [1.807, 2.05) is 31.2 Å². The van der Waals surface area contributed by atoms with Crippen molar-refractivity contribution < 1.29 is 19.1 Å². The second-order valence-corrected chi connectivity index (χ2v) is 5.37. The van der Waals surface area contributed by atoms with Gasteiger partial charge in [-0.15, -0.1) is 0 Å². The van der Waals surface area contributed by atoms with Crippen LogP contribution in [0.3, 0.4) is 0 Å². The molecule has 0 spiro atoms. The number of carbonyl (C=O) groups excluding carboxylic acids is 2. The van der Waals surface area contributed by atoms with Crippen LogP contribution in [0.15, 0.2) is 59.2 Å². The molecule has 0 aromatic heterocycles. The standard InChI is InChI=1S/C19H15NO4/c1-12-4-3-5-15(10-12)18-20-17(19(22)24-18)11-14-6-8-16(9-7-14)23-13(2)21/h3-11H,1-2H3. The van der Waals surface area contributed by atoms with Crippen molar-refractivity contribution in [2.45, 2.75) is 13.8 Å². The Morgan fingerprint density at radius 3 is 2.58 bits per heavy atom. The van der Waals surface area contributed by atoms with Crippen LogP contribution >= 0.6 is 0 Å². The largest absolute Gasteiger partial charge is 0.427 e. The van der Waals surface area contributed by atoms with Gasteiger partial charge in [0.2, 0.25) is 5.90 Å². The zero-order valence-electron chi connectivity index (χ0n) is 13.3. The first kappa shape index (κ1) is 15.7. The summed E-state index contributed by atoms with van der Waals surface area (Å²) in [5.74, 6) is -0.127. The molecule has 3 rings (SSSR count). The molecule has 0 unspecified atom stereocenters. The number of ether oxygens (including phenoxy) is 2. The quantitative estimate of drug-likeness (QED) is 0.494. The van der Waals surface area contributed by atoms with E-state index in [9.17, 15) is 9.59 Å². The molecule has 0 bridgehead atoms. The lowest BCUT2D eigenvalue weighted by atomic mass is 10.1. The maximum Gasteiger partial charge on any atom is 0.363 e. The molecule has 120 valence electrons. The van der Waals surface area contributed by atoms with Gasteiger partial charge in [-0.1, -0.05) is 29.8 Å². The summed E-state index contributed by atoms with van der Waals surface area (Å²) in [5, 5.41) is 0. The number of cyclic esters (lactones) is 1. The molecule has 0 saturated heterocycles. The molecule has 2 aromatic rings. The predicted molar refractivity (Wildman–Crippen MR) is 89.5 cm³/mol. The Morgan fingerprint density at radius 1 is 1.17 bits per heavy atom. The van der Waals surface area contributed by atoms with Gasteiger partial charge in [-0.2, -0.15) is 0 Å². The van der Waals surface area contributed by atoms with E-state index in [-0.39, 0.29) is 11.7 Å². The van der Waals surface area contributed by atoms with Gasteiger partial charge >= 0.3 is 11.9 Å². The van der Waals surface area contributed by atoms with Crippen molar-refractivity contribution in [2.24, 2.45) is 4.99 Å². The minimum absolute atomic E-state index is 0.228. The molecule has 5 nitrogen and oxygen atoms in total. The van der Waals surface area contributed by atoms with Crippen LogP contribution < -0.4 is 4.74 Å². The van der Waals surface area contributed by atoms with E-state index in [1.54, 1.807) is 30.3 Å². The molecular formula is C19H15NO4. The van der Waals surface area contributed by atoms with Crippen LogP contribution in [-0.4, -0.2) is 17.8 Å². The molecule has 1 aliphatic rings. The van der Waals surface area contributed by atoms with E-state index in [0.29, 0.717) is 11.6 Å². The second kappa shape index (κ2) is 6.50. The minimum atomic E-state index is -0.490. The van der Waals surface area contributed by atoms with Gasteiger partial charge in [0.05, 0.1) is 0 Å². The van der Waals surface area contributed by atoms with Crippen LogP contribution in [0.2, 0.25) is 0 Å². The fraction of sp³-hybridized carbons (Fsp3) is 0.105. The minimum Gasteiger partial charge on any atom is -0.427 e. The summed E-state index contributed by atoms with van der Waals surface area (Å²) in [6, 6.07) is 14.4. The number of nitrogens with zero attached hydrogens (tertiary/aromatic N) is 1. The van der Waals surface area contributed by atoms with Crippen molar-refractivity contribution in [3.05, 3.63) is 70.9 Å². The van der Waals surface area contributed by atoms with Crippen LogP contribution in [0.25, 0.3) is 6.08 Å². The molecule has 0 amide bonds. The molecule has 0 aliphatic carbocycles. The van der Waals surface area contributed by atoms with Gasteiger partial charge < -0.3 is 9.47 Å². The van der Waals surface area contributed by atoms with Gasteiger partial charge in [0.15, 0.2) is 5.70 Å². The average molecular weight is 321 g/mol. The molecule has 5 heteroatoms. The smallest absolute Gasteiger partial charge is 0.363 e. The highest BCUT2D eigenvalue weighted by Gasteiger charge is 2.24. The Balaban J connectivity index is 1.84. The second-order valence-electron chi connectivity index (χ2n) is 5.37. The monoisotopic (exact) mass is 321 g/mol. The summed E-state index contributed by atoms with van der Waals surface area (Å²) >= 11 is 0. The molecule has 0 atom stereocenters. The Hall–Kier alpha value is -3.21. The van der Waals surface area contributed by atoms with E-state index in [1.165, 1.54) is 6.92 Å². The SMILES string of the molecule is CC(=O)Oc1ccc(C=C2N=C(c3cccc(C)c3)OC2=O)cc1. The van der Waals surface area contributed by atoms with Crippen molar-refractivity contribution in [3.8, 4) is 5.75 Å². The first-order valence-corrected chi connectivity index (χ1v) is 7.39. The summed E-state index contributed by atoms with van der Waals surface area (Å²) in [7, 11) is 0. The highest BCUT2D eigenvalue weighted by molar-refractivity contribution is 6.12. The zero-order valence-corrected chi connectivity index (χ0v) is 13.3. The van der Waals surface area contributed by atoms with Gasteiger partial charge in [-0.25, -0.2) is 9.79 Å². The van der Waals surface area contributed by atoms with E-state index < -0.39 is 5.97 Å². The Kier molecular flexibility index (Phi) is 4.24.